The van der Waals surface area contributed by atoms with Crippen molar-refractivity contribution in [3.63, 3.8) is 0 Å². The minimum atomic E-state index is -1.08. The zero-order valence-corrected chi connectivity index (χ0v) is 13.3. The third kappa shape index (κ3) is 3.51. The molecule has 0 unspecified atom stereocenters. The van der Waals surface area contributed by atoms with Gasteiger partial charge in [0, 0.05) is 24.1 Å². The summed E-state index contributed by atoms with van der Waals surface area (Å²) in [7, 11) is 0. The lowest BCUT2D eigenvalue weighted by atomic mass is 10.2. The normalized spacial score (nSPS) is 13.1. The minimum absolute atomic E-state index is 0.0440. The van der Waals surface area contributed by atoms with Crippen molar-refractivity contribution in [2.24, 2.45) is 0 Å². The standard InChI is InChI=1S/C19H15N3O3/c20-11-15(12-22-9-8-13-4-1-2-7-17(13)22)18(23)21-16-6-3-5-14(10-16)19(24)25/h1-7,10,12H,8-9H2,(H,21,23)(H,24,25)/b15-12-. The zero-order chi connectivity index (χ0) is 17.8. The molecule has 0 aliphatic carbocycles. The number of carbonyl (C=O) groups is 2. The van der Waals surface area contributed by atoms with Crippen LogP contribution in [-0.4, -0.2) is 23.5 Å². The third-order valence-electron chi connectivity index (χ3n) is 3.94. The van der Waals surface area contributed by atoms with Gasteiger partial charge in [0.2, 0.25) is 0 Å². The van der Waals surface area contributed by atoms with Crippen LogP contribution in [-0.2, 0) is 11.2 Å². The second-order valence-electron chi connectivity index (χ2n) is 5.57. The molecule has 0 atom stereocenters. The number of anilines is 2. The van der Waals surface area contributed by atoms with Gasteiger partial charge in [-0.25, -0.2) is 4.79 Å². The maximum atomic E-state index is 12.3. The number of benzene rings is 2. The maximum absolute atomic E-state index is 12.3. The number of carboxylic acid groups (broad SMARTS) is 1. The molecule has 1 aliphatic heterocycles. The Morgan fingerprint density at radius 3 is 2.76 bits per heavy atom. The summed E-state index contributed by atoms with van der Waals surface area (Å²) in [5.41, 5.74) is 2.50. The molecule has 1 heterocycles. The Morgan fingerprint density at radius 1 is 1.20 bits per heavy atom. The summed E-state index contributed by atoms with van der Waals surface area (Å²) < 4.78 is 0. The first kappa shape index (κ1) is 16.3. The molecule has 2 N–H and O–H groups in total. The summed E-state index contributed by atoms with van der Waals surface area (Å²) >= 11 is 0. The van der Waals surface area contributed by atoms with E-state index in [1.54, 1.807) is 6.07 Å². The van der Waals surface area contributed by atoms with Crippen LogP contribution in [0.5, 0.6) is 0 Å². The van der Waals surface area contributed by atoms with Crippen molar-refractivity contribution in [2.45, 2.75) is 6.42 Å². The highest BCUT2D eigenvalue weighted by molar-refractivity contribution is 6.07. The van der Waals surface area contributed by atoms with Crippen molar-refractivity contribution in [1.29, 1.82) is 5.26 Å². The topological polar surface area (TPSA) is 93.4 Å². The van der Waals surface area contributed by atoms with E-state index < -0.39 is 11.9 Å². The molecule has 2 aromatic carbocycles. The Bertz CT molecular complexity index is 912. The van der Waals surface area contributed by atoms with Crippen LogP contribution in [0.25, 0.3) is 0 Å². The summed E-state index contributed by atoms with van der Waals surface area (Å²) in [6, 6.07) is 15.6. The van der Waals surface area contributed by atoms with Crippen LogP contribution in [0.15, 0.2) is 60.3 Å². The Hall–Kier alpha value is -3.59. The average molecular weight is 333 g/mol. The number of nitrogens with zero attached hydrogens (tertiary/aromatic N) is 2. The lowest BCUT2D eigenvalue weighted by Crippen LogP contribution is -2.19. The van der Waals surface area contributed by atoms with E-state index in [2.05, 4.69) is 5.32 Å². The largest absolute Gasteiger partial charge is 0.478 e. The number of nitriles is 1. The van der Waals surface area contributed by atoms with Crippen LogP contribution in [0.3, 0.4) is 0 Å². The van der Waals surface area contributed by atoms with Crippen LogP contribution in [0.2, 0.25) is 0 Å². The first-order valence-corrected chi connectivity index (χ1v) is 7.69. The van der Waals surface area contributed by atoms with E-state index in [0.29, 0.717) is 12.2 Å². The molecule has 124 valence electrons. The van der Waals surface area contributed by atoms with Gasteiger partial charge >= 0.3 is 5.97 Å². The van der Waals surface area contributed by atoms with Crippen LogP contribution in [0, 0.1) is 11.3 Å². The third-order valence-corrected chi connectivity index (χ3v) is 3.94. The van der Waals surface area contributed by atoms with E-state index in [9.17, 15) is 14.9 Å². The van der Waals surface area contributed by atoms with E-state index in [1.165, 1.54) is 30.0 Å². The van der Waals surface area contributed by atoms with Crippen molar-refractivity contribution in [2.75, 3.05) is 16.8 Å². The molecule has 2 aromatic rings. The average Bonchev–Trinajstić information content (AvgIpc) is 3.02. The second-order valence-corrected chi connectivity index (χ2v) is 5.57. The molecular weight excluding hydrogens is 318 g/mol. The van der Waals surface area contributed by atoms with Gasteiger partial charge in [-0.2, -0.15) is 5.26 Å². The first-order chi connectivity index (χ1) is 12.1. The molecule has 1 amide bonds. The molecule has 6 heteroatoms. The van der Waals surface area contributed by atoms with Gasteiger partial charge in [0.15, 0.2) is 0 Å². The van der Waals surface area contributed by atoms with Crippen molar-refractivity contribution >= 4 is 23.3 Å². The monoisotopic (exact) mass is 333 g/mol. The Labute approximate surface area is 144 Å². The molecule has 0 aromatic heterocycles. The summed E-state index contributed by atoms with van der Waals surface area (Å²) in [5.74, 6) is -1.66. The number of hydrogen-bond acceptors (Lipinski definition) is 4. The van der Waals surface area contributed by atoms with Crippen molar-refractivity contribution in [3.8, 4) is 6.07 Å². The summed E-state index contributed by atoms with van der Waals surface area (Å²) in [6.07, 6.45) is 2.38. The predicted octanol–water partition coefficient (Wildman–Crippen LogP) is 2.79. The number of amides is 1. The van der Waals surface area contributed by atoms with Gasteiger partial charge in [-0.05, 0) is 36.2 Å². The molecule has 25 heavy (non-hydrogen) atoms. The number of carbonyl (C=O) groups excluding carboxylic acids is 1. The van der Waals surface area contributed by atoms with Crippen LogP contribution in [0.4, 0.5) is 11.4 Å². The molecule has 6 nitrogen and oxygen atoms in total. The zero-order valence-electron chi connectivity index (χ0n) is 13.3. The van der Waals surface area contributed by atoms with E-state index in [-0.39, 0.29) is 11.1 Å². The highest BCUT2D eigenvalue weighted by Gasteiger charge is 2.19. The number of aromatic carboxylic acids is 1. The smallest absolute Gasteiger partial charge is 0.335 e. The predicted molar refractivity (Wildman–Crippen MR) is 93.2 cm³/mol. The molecule has 3 rings (SSSR count). The molecule has 0 fully saturated rings. The molecule has 0 bridgehead atoms. The number of nitrogens with one attached hydrogen (secondary N) is 1. The summed E-state index contributed by atoms with van der Waals surface area (Å²) in [5, 5.41) is 20.9. The van der Waals surface area contributed by atoms with Gasteiger partial charge in [-0.15, -0.1) is 0 Å². The van der Waals surface area contributed by atoms with Gasteiger partial charge in [0.25, 0.3) is 5.91 Å². The van der Waals surface area contributed by atoms with Gasteiger partial charge in [0.1, 0.15) is 11.6 Å². The van der Waals surface area contributed by atoms with Gasteiger partial charge in [-0.3, -0.25) is 4.79 Å². The quantitative estimate of drug-likeness (QED) is 0.663. The molecular formula is C19H15N3O3. The van der Waals surface area contributed by atoms with Crippen molar-refractivity contribution in [3.05, 3.63) is 71.4 Å². The lowest BCUT2D eigenvalue weighted by molar-refractivity contribution is -0.112. The Kier molecular flexibility index (Phi) is 4.48. The first-order valence-electron chi connectivity index (χ1n) is 7.69. The SMILES string of the molecule is N#C/C(=C/N1CCc2ccccc21)C(=O)Nc1cccc(C(=O)O)c1. The van der Waals surface area contributed by atoms with E-state index in [0.717, 1.165) is 12.1 Å². The molecule has 0 saturated heterocycles. The van der Waals surface area contributed by atoms with Gasteiger partial charge in [-0.1, -0.05) is 24.3 Å². The number of rotatable bonds is 4. The van der Waals surface area contributed by atoms with E-state index >= 15 is 0 Å². The van der Waals surface area contributed by atoms with E-state index in [4.69, 9.17) is 5.11 Å². The minimum Gasteiger partial charge on any atom is -0.478 e. The summed E-state index contributed by atoms with van der Waals surface area (Å²) in [4.78, 5) is 25.2. The fourth-order valence-corrected chi connectivity index (χ4v) is 2.72. The number of carboxylic acids is 1. The molecule has 0 saturated carbocycles. The van der Waals surface area contributed by atoms with Crippen LogP contribution >= 0.6 is 0 Å². The Balaban J connectivity index is 1.80. The second kappa shape index (κ2) is 6.89. The summed E-state index contributed by atoms with van der Waals surface area (Å²) in [6.45, 7) is 0.701. The highest BCUT2D eigenvalue weighted by Crippen LogP contribution is 2.28. The molecule has 0 radical (unpaired) electrons. The Morgan fingerprint density at radius 2 is 2.00 bits per heavy atom. The highest BCUT2D eigenvalue weighted by atomic mass is 16.4. The van der Waals surface area contributed by atoms with Crippen LogP contribution < -0.4 is 10.2 Å². The fraction of sp³-hybridized carbons (Fsp3) is 0.105. The van der Waals surface area contributed by atoms with Gasteiger partial charge < -0.3 is 15.3 Å². The molecule has 0 spiro atoms. The maximum Gasteiger partial charge on any atom is 0.335 e. The fourth-order valence-electron chi connectivity index (χ4n) is 2.72. The van der Waals surface area contributed by atoms with Crippen molar-refractivity contribution < 1.29 is 14.7 Å². The van der Waals surface area contributed by atoms with Crippen LogP contribution in [0.1, 0.15) is 15.9 Å². The number of para-hydroxylation sites is 1. The van der Waals surface area contributed by atoms with E-state index in [1.807, 2.05) is 35.2 Å². The number of hydrogen-bond donors (Lipinski definition) is 2. The molecule has 1 aliphatic rings. The van der Waals surface area contributed by atoms with Crippen molar-refractivity contribution in [1.82, 2.24) is 0 Å². The van der Waals surface area contributed by atoms with Gasteiger partial charge in [0.05, 0.1) is 5.56 Å². The number of fused-ring (bicyclic) bond motifs is 1. The lowest BCUT2D eigenvalue weighted by Gasteiger charge is -2.14.